The van der Waals surface area contributed by atoms with Gasteiger partial charge in [0.1, 0.15) is 6.61 Å². The van der Waals surface area contributed by atoms with Crippen molar-refractivity contribution in [3.8, 4) is 0 Å². The molecule has 1 aliphatic rings. The number of carbonyl (C=O) groups is 1. The van der Waals surface area contributed by atoms with Crippen LogP contribution in [0.5, 0.6) is 0 Å². The highest BCUT2D eigenvalue weighted by Crippen LogP contribution is 2.39. The van der Waals surface area contributed by atoms with Gasteiger partial charge >= 0.3 is 5.97 Å². The minimum absolute atomic E-state index is 0.0593. The van der Waals surface area contributed by atoms with Crippen LogP contribution < -0.4 is 0 Å². The second kappa shape index (κ2) is 8.92. The first-order valence-electron chi connectivity index (χ1n) is 6.25. The number of carbonyl (C=O) groups excluding carboxylic acids is 1. The van der Waals surface area contributed by atoms with Gasteiger partial charge < -0.3 is 4.74 Å². The molecule has 1 aliphatic heterocycles. The molecule has 2 nitrogen and oxygen atoms in total. The molecule has 1 saturated heterocycles. The number of rotatable bonds is 7. The lowest BCUT2D eigenvalue weighted by atomic mass is 10.1. The molecule has 1 heterocycles. The monoisotopic (exact) mass is 274 g/mol. The maximum absolute atomic E-state index is 11.4. The molecular formula is C13H22O2S2. The Morgan fingerprint density at radius 2 is 2.24 bits per heavy atom. The molecule has 1 rings (SSSR count). The summed E-state index contributed by atoms with van der Waals surface area (Å²) in [5.74, 6) is 1.23. The topological polar surface area (TPSA) is 26.3 Å². The Balaban J connectivity index is 1.94. The molecule has 1 fully saturated rings. The van der Waals surface area contributed by atoms with E-state index in [1.54, 1.807) is 0 Å². The normalized spacial score (nSPS) is 19.1. The molecule has 4 heteroatoms. The van der Waals surface area contributed by atoms with E-state index in [2.05, 4.69) is 0 Å². The fourth-order valence-electron chi connectivity index (χ4n) is 1.58. The van der Waals surface area contributed by atoms with Crippen molar-refractivity contribution in [3.63, 3.8) is 0 Å². The van der Waals surface area contributed by atoms with Crippen LogP contribution in [-0.2, 0) is 9.53 Å². The largest absolute Gasteiger partial charge is 0.461 e. The predicted octanol–water partition coefficient (Wildman–Crippen LogP) is 4.21. The number of allylic oxidation sites excluding steroid dienone is 1. The Morgan fingerprint density at radius 1 is 1.41 bits per heavy atom. The van der Waals surface area contributed by atoms with Crippen molar-refractivity contribution in [2.45, 2.75) is 51.2 Å². The van der Waals surface area contributed by atoms with Gasteiger partial charge in [-0.05, 0) is 39.2 Å². The molecule has 0 aliphatic carbocycles. The van der Waals surface area contributed by atoms with Crippen LogP contribution in [0.2, 0.25) is 0 Å². The van der Waals surface area contributed by atoms with Crippen LogP contribution in [0.4, 0.5) is 0 Å². The standard InChI is InChI=1S/C13H22O2S2/c1-11(2)7-9-15-13(14)6-4-3-5-12-8-10-16-17-12/h7,12H,3-6,8-10H2,1-2H3/t12-/m1/s1. The summed E-state index contributed by atoms with van der Waals surface area (Å²) >= 11 is 0. The van der Waals surface area contributed by atoms with Gasteiger partial charge in [-0.1, -0.05) is 33.6 Å². The summed E-state index contributed by atoms with van der Waals surface area (Å²) in [5.41, 5.74) is 1.19. The van der Waals surface area contributed by atoms with Crippen molar-refractivity contribution < 1.29 is 9.53 Å². The Bertz CT molecular complexity index is 254. The van der Waals surface area contributed by atoms with Crippen LogP contribution >= 0.6 is 21.6 Å². The zero-order valence-electron chi connectivity index (χ0n) is 10.7. The number of unbranched alkanes of at least 4 members (excludes halogenated alkanes) is 1. The molecule has 0 N–H and O–H groups in total. The Hall–Kier alpha value is -0.0900. The Labute approximate surface area is 112 Å². The van der Waals surface area contributed by atoms with Crippen molar-refractivity contribution in [2.24, 2.45) is 0 Å². The first-order chi connectivity index (χ1) is 8.18. The third-order valence-electron chi connectivity index (χ3n) is 2.62. The molecule has 17 heavy (non-hydrogen) atoms. The Kier molecular flexibility index (Phi) is 7.86. The van der Waals surface area contributed by atoms with Crippen molar-refractivity contribution >= 4 is 27.6 Å². The average Bonchev–Trinajstić information content (AvgIpc) is 2.76. The first kappa shape index (κ1) is 15.0. The van der Waals surface area contributed by atoms with Gasteiger partial charge in [0, 0.05) is 17.4 Å². The van der Waals surface area contributed by atoms with Crippen LogP contribution in [0.1, 0.15) is 46.0 Å². The van der Waals surface area contributed by atoms with Gasteiger partial charge in [0.2, 0.25) is 0 Å². The van der Waals surface area contributed by atoms with Gasteiger partial charge in [0.15, 0.2) is 0 Å². The second-order valence-electron chi connectivity index (χ2n) is 4.54. The highest BCUT2D eigenvalue weighted by Gasteiger charge is 2.15. The van der Waals surface area contributed by atoms with Crippen molar-refractivity contribution in [2.75, 3.05) is 12.4 Å². The molecule has 0 amide bonds. The lowest BCUT2D eigenvalue weighted by molar-refractivity contribution is -0.142. The van der Waals surface area contributed by atoms with Crippen LogP contribution in [0.25, 0.3) is 0 Å². The molecule has 0 aromatic rings. The molecule has 0 aromatic heterocycles. The summed E-state index contributed by atoms with van der Waals surface area (Å²) in [6, 6.07) is 0. The van der Waals surface area contributed by atoms with E-state index < -0.39 is 0 Å². The van der Waals surface area contributed by atoms with Gasteiger partial charge in [-0.15, -0.1) is 0 Å². The summed E-state index contributed by atoms with van der Waals surface area (Å²) in [7, 11) is 3.99. The van der Waals surface area contributed by atoms with Crippen molar-refractivity contribution in [1.29, 1.82) is 0 Å². The van der Waals surface area contributed by atoms with E-state index >= 15 is 0 Å². The van der Waals surface area contributed by atoms with E-state index in [-0.39, 0.29) is 5.97 Å². The van der Waals surface area contributed by atoms with Crippen molar-refractivity contribution in [1.82, 2.24) is 0 Å². The van der Waals surface area contributed by atoms with E-state index in [9.17, 15) is 4.79 Å². The van der Waals surface area contributed by atoms with Crippen LogP contribution in [0, 0.1) is 0 Å². The minimum atomic E-state index is -0.0593. The molecular weight excluding hydrogens is 252 g/mol. The zero-order chi connectivity index (χ0) is 12.5. The fourth-order valence-corrected chi connectivity index (χ4v) is 4.61. The predicted molar refractivity (Wildman–Crippen MR) is 77.3 cm³/mol. The first-order valence-corrected chi connectivity index (χ1v) is 8.64. The quantitative estimate of drug-likeness (QED) is 0.301. The molecule has 98 valence electrons. The number of hydrogen-bond donors (Lipinski definition) is 0. The SMILES string of the molecule is CC(C)=CCOC(=O)CCCC[C@@H]1CCSS1. The van der Waals surface area contributed by atoms with Gasteiger partial charge in [0.25, 0.3) is 0 Å². The fraction of sp³-hybridized carbons (Fsp3) is 0.769. The van der Waals surface area contributed by atoms with Gasteiger partial charge in [0.05, 0.1) is 0 Å². The van der Waals surface area contributed by atoms with Gasteiger partial charge in [-0.2, -0.15) is 0 Å². The molecule has 0 saturated carbocycles. The maximum atomic E-state index is 11.4. The molecule has 0 bridgehead atoms. The summed E-state index contributed by atoms with van der Waals surface area (Å²) < 4.78 is 5.10. The third kappa shape index (κ3) is 7.77. The van der Waals surface area contributed by atoms with E-state index in [4.69, 9.17) is 4.74 Å². The Morgan fingerprint density at radius 3 is 2.88 bits per heavy atom. The number of esters is 1. The van der Waals surface area contributed by atoms with Crippen LogP contribution in [0.15, 0.2) is 11.6 Å². The number of ether oxygens (including phenoxy) is 1. The molecule has 1 atom stereocenters. The summed E-state index contributed by atoms with van der Waals surface area (Å²) in [6.45, 7) is 4.44. The summed E-state index contributed by atoms with van der Waals surface area (Å²) in [6.07, 6.45) is 7.20. The maximum Gasteiger partial charge on any atom is 0.306 e. The lowest BCUT2D eigenvalue weighted by Crippen LogP contribution is -2.05. The van der Waals surface area contributed by atoms with Crippen molar-refractivity contribution in [3.05, 3.63) is 11.6 Å². The van der Waals surface area contributed by atoms with E-state index in [1.165, 1.54) is 24.2 Å². The molecule has 0 radical (unpaired) electrons. The van der Waals surface area contributed by atoms with E-state index in [0.717, 1.165) is 18.1 Å². The lowest BCUT2D eigenvalue weighted by Gasteiger charge is -2.06. The highest BCUT2D eigenvalue weighted by atomic mass is 33.1. The third-order valence-corrected chi connectivity index (χ3v) is 5.63. The number of hydrogen-bond acceptors (Lipinski definition) is 4. The molecule has 0 spiro atoms. The van der Waals surface area contributed by atoms with Gasteiger partial charge in [-0.25, -0.2) is 0 Å². The minimum Gasteiger partial charge on any atom is -0.461 e. The smallest absolute Gasteiger partial charge is 0.306 e. The molecule has 0 aromatic carbocycles. The van der Waals surface area contributed by atoms with Crippen LogP contribution in [0.3, 0.4) is 0 Å². The van der Waals surface area contributed by atoms with Crippen LogP contribution in [-0.4, -0.2) is 23.6 Å². The zero-order valence-corrected chi connectivity index (χ0v) is 12.4. The second-order valence-corrected chi connectivity index (χ2v) is 7.33. The average molecular weight is 274 g/mol. The highest BCUT2D eigenvalue weighted by molar-refractivity contribution is 8.77. The summed E-state index contributed by atoms with van der Waals surface area (Å²) in [5, 5.41) is 0.821. The molecule has 0 unspecified atom stereocenters. The van der Waals surface area contributed by atoms with E-state index in [0.29, 0.717) is 13.0 Å². The van der Waals surface area contributed by atoms with Gasteiger partial charge in [-0.3, -0.25) is 4.79 Å². The van der Waals surface area contributed by atoms with E-state index in [1.807, 2.05) is 41.5 Å². The summed E-state index contributed by atoms with van der Waals surface area (Å²) in [4.78, 5) is 11.4.